The van der Waals surface area contributed by atoms with E-state index >= 15 is 0 Å². The molecular formula is C25H22N2O4S. The van der Waals surface area contributed by atoms with Crippen LogP contribution in [-0.4, -0.2) is 28.3 Å². The van der Waals surface area contributed by atoms with Crippen LogP contribution in [0.3, 0.4) is 0 Å². The zero-order valence-corrected chi connectivity index (χ0v) is 18.5. The van der Waals surface area contributed by atoms with Gasteiger partial charge in [-0.25, -0.2) is 0 Å². The number of nitrogens with one attached hydrogen (secondary N) is 1. The SMILES string of the molecule is CC(C)Oc1cc2ccccc2cc1/C=C1/SC(Nc2ccc(CC(=O)O)cc2)=NC1=O. The number of benzene rings is 3. The molecule has 1 aliphatic rings. The van der Waals surface area contributed by atoms with Gasteiger partial charge in [0.25, 0.3) is 5.91 Å². The molecule has 4 rings (SSSR count). The van der Waals surface area contributed by atoms with Gasteiger partial charge in [0.2, 0.25) is 0 Å². The van der Waals surface area contributed by atoms with Crippen LogP contribution in [0.2, 0.25) is 0 Å². The standard InChI is InChI=1S/C25H22N2O4S/c1-15(2)31-21-13-18-6-4-3-5-17(18)12-19(21)14-22-24(30)27-25(32-22)26-20-9-7-16(8-10-20)11-23(28)29/h3-10,12-15H,11H2,1-2H3,(H,28,29)(H,26,27,30)/b22-14+. The lowest BCUT2D eigenvalue weighted by Gasteiger charge is -2.14. The molecule has 3 aromatic rings. The Bertz CT molecular complexity index is 1250. The molecule has 7 heteroatoms. The van der Waals surface area contributed by atoms with Gasteiger partial charge in [0, 0.05) is 11.3 Å². The first-order valence-electron chi connectivity index (χ1n) is 10.2. The van der Waals surface area contributed by atoms with Gasteiger partial charge in [0.15, 0.2) is 5.17 Å². The number of carboxylic acids is 1. The molecule has 6 nitrogen and oxygen atoms in total. The van der Waals surface area contributed by atoms with Gasteiger partial charge >= 0.3 is 5.97 Å². The number of ether oxygens (including phenoxy) is 1. The Morgan fingerprint density at radius 2 is 1.81 bits per heavy atom. The van der Waals surface area contributed by atoms with Gasteiger partial charge in [-0.15, -0.1) is 0 Å². The highest BCUT2D eigenvalue weighted by Gasteiger charge is 2.23. The normalized spacial score (nSPS) is 14.8. The van der Waals surface area contributed by atoms with Crippen LogP contribution in [-0.2, 0) is 16.0 Å². The second kappa shape index (κ2) is 9.28. The summed E-state index contributed by atoms with van der Waals surface area (Å²) in [6, 6.07) is 19.0. The fraction of sp³-hybridized carbons (Fsp3) is 0.160. The first-order valence-corrected chi connectivity index (χ1v) is 11.0. The molecule has 3 aromatic carbocycles. The van der Waals surface area contributed by atoms with Crippen LogP contribution in [0, 0.1) is 0 Å². The van der Waals surface area contributed by atoms with Gasteiger partial charge in [0.1, 0.15) is 5.75 Å². The minimum Gasteiger partial charge on any atom is -0.490 e. The fourth-order valence-electron chi connectivity index (χ4n) is 3.31. The Hall–Kier alpha value is -3.58. The van der Waals surface area contributed by atoms with Crippen LogP contribution in [0.4, 0.5) is 5.69 Å². The van der Waals surface area contributed by atoms with Crippen LogP contribution in [0.1, 0.15) is 25.0 Å². The highest BCUT2D eigenvalue weighted by Crippen LogP contribution is 2.34. The predicted molar refractivity (Wildman–Crippen MR) is 129 cm³/mol. The number of aliphatic carboxylic acids is 1. The average Bonchev–Trinajstić information content (AvgIpc) is 3.07. The van der Waals surface area contributed by atoms with E-state index < -0.39 is 5.97 Å². The molecule has 2 N–H and O–H groups in total. The van der Waals surface area contributed by atoms with Crippen LogP contribution in [0.25, 0.3) is 16.8 Å². The Balaban J connectivity index is 1.55. The lowest BCUT2D eigenvalue weighted by atomic mass is 10.1. The zero-order valence-electron chi connectivity index (χ0n) is 17.7. The quantitative estimate of drug-likeness (QED) is 0.497. The number of hydrogen-bond acceptors (Lipinski definition) is 5. The van der Waals surface area contributed by atoms with Crippen molar-refractivity contribution in [3.05, 3.63) is 76.7 Å². The lowest BCUT2D eigenvalue weighted by Crippen LogP contribution is -2.07. The highest BCUT2D eigenvalue weighted by molar-refractivity contribution is 8.18. The maximum absolute atomic E-state index is 12.5. The van der Waals surface area contributed by atoms with Crippen LogP contribution in [0.15, 0.2) is 70.6 Å². The summed E-state index contributed by atoms with van der Waals surface area (Å²) in [6.45, 7) is 3.93. The molecule has 0 atom stereocenters. The zero-order chi connectivity index (χ0) is 22.7. The molecule has 0 radical (unpaired) electrons. The monoisotopic (exact) mass is 446 g/mol. The lowest BCUT2D eigenvalue weighted by molar-refractivity contribution is -0.136. The number of amides is 1. The van der Waals surface area contributed by atoms with Crippen molar-refractivity contribution < 1.29 is 19.4 Å². The molecule has 1 aliphatic heterocycles. The van der Waals surface area contributed by atoms with E-state index in [0.29, 0.717) is 15.6 Å². The van der Waals surface area contributed by atoms with Crippen LogP contribution in [0.5, 0.6) is 5.75 Å². The minimum atomic E-state index is -0.878. The fourth-order valence-corrected chi connectivity index (χ4v) is 4.14. The van der Waals surface area contributed by atoms with E-state index in [2.05, 4.69) is 10.3 Å². The third-order valence-corrected chi connectivity index (χ3v) is 5.61. The molecule has 0 aromatic heterocycles. The van der Waals surface area contributed by atoms with Crippen molar-refractivity contribution in [3.8, 4) is 5.75 Å². The first kappa shape index (κ1) is 21.6. The van der Waals surface area contributed by atoms with Crippen LogP contribution >= 0.6 is 11.8 Å². The number of anilines is 1. The third-order valence-electron chi connectivity index (χ3n) is 4.71. The van der Waals surface area contributed by atoms with Crippen molar-refractivity contribution in [1.82, 2.24) is 0 Å². The Morgan fingerprint density at radius 3 is 2.47 bits per heavy atom. The van der Waals surface area contributed by atoms with Crippen molar-refractivity contribution in [1.29, 1.82) is 0 Å². The van der Waals surface area contributed by atoms with Crippen molar-refractivity contribution in [2.45, 2.75) is 26.4 Å². The van der Waals surface area contributed by atoms with Gasteiger partial charge in [-0.2, -0.15) is 4.99 Å². The Morgan fingerprint density at radius 1 is 1.12 bits per heavy atom. The first-order chi connectivity index (χ1) is 15.4. The van der Waals surface area contributed by atoms with Crippen molar-refractivity contribution in [3.63, 3.8) is 0 Å². The minimum absolute atomic E-state index is 0.00202. The van der Waals surface area contributed by atoms with E-state index in [1.165, 1.54) is 11.8 Å². The highest BCUT2D eigenvalue weighted by atomic mass is 32.2. The van der Waals surface area contributed by atoms with Crippen molar-refractivity contribution in [2.75, 3.05) is 5.32 Å². The van der Waals surface area contributed by atoms with Gasteiger partial charge < -0.3 is 15.2 Å². The summed E-state index contributed by atoms with van der Waals surface area (Å²) >= 11 is 1.26. The largest absolute Gasteiger partial charge is 0.490 e. The molecule has 162 valence electrons. The molecule has 0 aliphatic carbocycles. The van der Waals surface area contributed by atoms with Crippen molar-refractivity contribution >= 4 is 51.3 Å². The van der Waals surface area contributed by atoms with E-state index in [-0.39, 0.29) is 18.4 Å². The molecule has 32 heavy (non-hydrogen) atoms. The maximum atomic E-state index is 12.5. The summed E-state index contributed by atoms with van der Waals surface area (Å²) in [5, 5.41) is 14.6. The average molecular weight is 447 g/mol. The Kier molecular flexibility index (Phi) is 6.28. The molecular weight excluding hydrogens is 424 g/mol. The molecule has 0 saturated carbocycles. The molecule has 1 amide bonds. The summed E-state index contributed by atoms with van der Waals surface area (Å²) in [7, 11) is 0. The van der Waals surface area contributed by atoms with Crippen molar-refractivity contribution in [2.24, 2.45) is 4.99 Å². The number of rotatable bonds is 6. The van der Waals surface area contributed by atoms with Gasteiger partial charge in [-0.1, -0.05) is 36.4 Å². The number of carboxylic acid groups (broad SMARTS) is 1. The summed E-state index contributed by atoms with van der Waals surface area (Å²) < 4.78 is 6.00. The number of hydrogen-bond donors (Lipinski definition) is 2. The number of fused-ring (bicyclic) bond motifs is 1. The van der Waals surface area contributed by atoms with E-state index in [9.17, 15) is 9.59 Å². The van der Waals surface area contributed by atoms with Crippen LogP contribution < -0.4 is 10.1 Å². The second-order valence-corrected chi connectivity index (χ2v) is 8.66. The maximum Gasteiger partial charge on any atom is 0.307 e. The predicted octanol–water partition coefficient (Wildman–Crippen LogP) is 5.34. The topological polar surface area (TPSA) is 88.0 Å². The molecule has 1 heterocycles. The smallest absolute Gasteiger partial charge is 0.307 e. The molecule has 0 fully saturated rings. The van der Waals surface area contributed by atoms with E-state index in [1.54, 1.807) is 24.3 Å². The second-order valence-electron chi connectivity index (χ2n) is 7.63. The van der Waals surface area contributed by atoms with E-state index in [1.807, 2.05) is 56.3 Å². The summed E-state index contributed by atoms with van der Waals surface area (Å²) in [6.07, 6.45) is 1.77. The summed E-state index contributed by atoms with van der Waals surface area (Å²) in [4.78, 5) is 28.0. The number of carbonyl (C=O) groups is 2. The molecule has 0 saturated heterocycles. The number of nitrogens with zero attached hydrogens (tertiary/aromatic N) is 1. The van der Waals surface area contributed by atoms with E-state index in [0.717, 1.165) is 27.8 Å². The third kappa shape index (κ3) is 5.18. The van der Waals surface area contributed by atoms with E-state index in [4.69, 9.17) is 9.84 Å². The molecule has 0 bridgehead atoms. The number of carbonyl (C=O) groups excluding carboxylic acids is 1. The Labute approximate surface area is 190 Å². The summed E-state index contributed by atoms with van der Waals surface area (Å²) in [5.74, 6) is -0.477. The number of amidine groups is 1. The number of aliphatic imine (C=N–C) groups is 1. The summed E-state index contributed by atoms with van der Waals surface area (Å²) in [5.41, 5.74) is 2.26. The number of thioether (sulfide) groups is 1. The van der Waals surface area contributed by atoms with Gasteiger partial charge in [-0.3, -0.25) is 9.59 Å². The van der Waals surface area contributed by atoms with Gasteiger partial charge in [-0.05, 0) is 72.3 Å². The molecule has 0 spiro atoms. The van der Waals surface area contributed by atoms with Gasteiger partial charge in [0.05, 0.1) is 17.4 Å². The molecule has 0 unspecified atom stereocenters.